The maximum Gasteiger partial charge on any atom is 0.328 e. The fraction of sp³-hybridized carbons (Fsp3) is 0.235. The van der Waals surface area contributed by atoms with Crippen LogP contribution in [0.1, 0.15) is 46.0 Å². The number of amides is 6. The predicted octanol–water partition coefficient (Wildman–Crippen LogP) is 4.71. The van der Waals surface area contributed by atoms with E-state index in [0.717, 1.165) is 39.1 Å². The monoisotopic (exact) mass is 651 g/mol. The standard InChI is InChI=1S/C34H30ClN7O5/c1-2-19-17-37-30-28(29(19)35)25(18-38-30)20-5-3-6-22(15-20)41-13-4-12-40(34(41)47)14-11-36-21-7-8-23-24(16-21)33(46)42(32(23)45)26-9-10-27(43)39-31(26)44/h3-8,12,15-18,26,36H,2,9-11,13-14H2,1H3,(H,37,38)(H,39,43,44). The molecule has 1 unspecified atom stereocenters. The van der Waals surface area contributed by atoms with Crippen LogP contribution in [0.2, 0.25) is 5.02 Å². The molecule has 1 saturated heterocycles. The average Bonchev–Trinajstić information content (AvgIpc) is 3.61. The Hall–Kier alpha value is -5.49. The Kier molecular flexibility index (Phi) is 7.72. The minimum absolute atomic E-state index is 0.0552. The smallest absolute Gasteiger partial charge is 0.328 e. The summed E-state index contributed by atoms with van der Waals surface area (Å²) < 4.78 is 0. The molecule has 3 aliphatic heterocycles. The van der Waals surface area contributed by atoms with Gasteiger partial charge in [0.25, 0.3) is 11.8 Å². The number of H-pyrrole nitrogens is 1. The molecule has 2 aromatic heterocycles. The normalized spacial score (nSPS) is 18.0. The molecule has 3 N–H and O–H groups in total. The van der Waals surface area contributed by atoms with Crippen molar-refractivity contribution in [1.82, 2.24) is 25.1 Å². The number of hydrogen-bond donors (Lipinski definition) is 3. The third-order valence-electron chi connectivity index (χ3n) is 8.73. The number of halogens is 1. The number of rotatable bonds is 8. The van der Waals surface area contributed by atoms with E-state index >= 15 is 0 Å². The van der Waals surface area contributed by atoms with Crippen LogP contribution in [0.4, 0.5) is 16.2 Å². The zero-order valence-electron chi connectivity index (χ0n) is 25.4. The van der Waals surface area contributed by atoms with Gasteiger partial charge in [0.1, 0.15) is 11.7 Å². The van der Waals surface area contributed by atoms with Crippen molar-refractivity contribution in [3.63, 3.8) is 0 Å². The molecule has 0 radical (unpaired) electrons. The summed E-state index contributed by atoms with van der Waals surface area (Å²) in [6.07, 6.45) is 8.24. The first-order valence-corrected chi connectivity index (χ1v) is 15.7. The van der Waals surface area contributed by atoms with Crippen LogP contribution < -0.4 is 15.5 Å². The summed E-state index contributed by atoms with van der Waals surface area (Å²) in [5, 5.41) is 6.94. The molecule has 0 aliphatic carbocycles. The SMILES string of the molecule is CCc1cnc2[nH]cc(-c3cccc(N4CC=CN(CCNc5ccc6c(c5)C(=O)N(C5CCC(=O)NC5=O)C6=O)C4=O)c3)c2c1Cl. The van der Waals surface area contributed by atoms with E-state index in [-0.39, 0.29) is 30.0 Å². The zero-order chi connectivity index (χ0) is 32.8. The van der Waals surface area contributed by atoms with Gasteiger partial charge < -0.3 is 10.3 Å². The number of piperidine rings is 1. The van der Waals surface area contributed by atoms with Crippen molar-refractivity contribution in [3.8, 4) is 11.1 Å². The van der Waals surface area contributed by atoms with Crippen molar-refractivity contribution in [1.29, 1.82) is 0 Å². The minimum atomic E-state index is -1.02. The van der Waals surface area contributed by atoms with Gasteiger partial charge in [-0.1, -0.05) is 30.7 Å². The van der Waals surface area contributed by atoms with E-state index < -0.39 is 29.7 Å². The van der Waals surface area contributed by atoms with Gasteiger partial charge in [-0.05, 0) is 60.4 Å². The van der Waals surface area contributed by atoms with Gasteiger partial charge in [-0.15, -0.1) is 0 Å². The van der Waals surface area contributed by atoms with Crippen LogP contribution in [0.15, 0.2) is 67.1 Å². The highest BCUT2D eigenvalue weighted by Gasteiger charge is 2.44. The van der Waals surface area contributed by atoms with Gasteiger partial charge >= 0.3 is 6.03 Å². The number of benzene rings is 2. The fourth-order valence-electron chi connectivity index (χ4n) is 6.28. The highest BCUT2D eigenvalue weighted by Crippen LogP contribution is 2.36. The number of aromatic amines is 1. The van der Waals surface area contributed by atoms with E-state index in [1.165, 1.54) is 0 Å². The molecule has 12 nitrogen and oxygen atoms in total. The van der Waals surface area contributed by atoms with Gasteiger partial charge in [-0.25, -0.2) is 9.78 Å². The van der Waals surface area contributed by atoms with E-state index in [1.807, 2.05) is 43.5 Å². The molecule has 4 aromatic rings. The summed E-state index contributed by atoms with van der Waals surface area (Å²) in [5.41, 5.74) is 5.19. The third kappa shape index (κ3) is 5.30. The molecule has 47 heavy (non-hydrogen) atoms. The molecule has 7 rings (SSSR count). The van der Waals surface area contributed by atoms with Crippen LogP contribution in [0.3, 0.4) is 0 Å². The quantitative estimate of drug-likeness (QED) is 0.234. The first kappa shape index (κ1) is 30.2. The number of pyridine rings is 1. The second-order valence-electron chi connectivity index (χ2n) is 11.5. The first-order valence-electron chi connectivity index (χ1n) is 15.3. The van der Waals surface area contributed by atoms with E-state index in [4.69, 9.17) is 11.6 Å². The molecule has 0 saturated carbocycles. The van der Waals surface area contributed by atoms with Gasteiger partial charge in [0.05, 0.1) is 16.1 Å². The zero-order valence-corrected chi connectivity index (χ0v) is 26.1. The second kappa shape index (κ2) is 12.0. The molecule has 1 fully saturated rings. The molecule has 13 heteroatoms. The van der Waals surface area contributed by atoms with Gasteiger partial charge in [-0.3, -0.25) is 39.2 Å². The lowest BCUT2D eigenvalue weighted by Gasteiger charge is -2.32. The summed E-state index contributed by atoms with van der Waals surface area (Å²) in [6.45, 7) is 3.14. The van der Waals surface area contributed by atoms with E-state index in [1.54, 1.807) is 40.4 Å². The molecule has 238 valence electrons. The number of urea groups is 1. The largest absolute Gasteiger partial charge is 0.383 e. The summed E-state index contributed by atoms with van der Waals surface area (Å²) in [5.74, 6) is -2.21. The molecule has 2 aromatic carbocycles. The molecule has 0 spiro atoms. The maximum atomic E-state index is 13.6. The number of hydrogen-bond acceptors (Lipinski definition) is 7. The van der Waals surface area contributed by atoms with Crippen LogP contribution in [-0.4, -0.2) is 75.1 Å². The number of imide groups is 2. The lowest BCUT2D eigenvalue weighted by atomic mass is 10.0. The first-order chi connectivity index (χ1) is 22.7. The van der Waals surface area contributed by atoms with Crippen molar-refractivity contribution >= 4 is 63.7 Å². The van der Waals surface area contributed by atoms with Gasteiger partial charge in [0, 0.05) is 67.0 Å². The Morgan fingerprint density at radius 3 is 2.66 bits per heavy atom. The number of anilines is 2. The van der Waals surface area contributed by atoms with E-state index in [2.05, 4.69) is 20.6 Å². The molecular weight excluding hydrogens is 622 g/mol. The lowest BCUT2D eigenvalue weighted by Crippen LogP contribution is -2.54. The Bertz CT molecular complexity index is 2020. The number of fused-ring (bicyclic) bond motifs is 2. The van der Waals surface area contributed by atoms with Crippen molar-refractivity contribution in [2.75, 3.05) is 29.9 Å². The number of aromatic nitrogens is 2. The highest BCUT2D eigenvalue weighted by atomic mass is 35.5. The Morgan fingerprint density at radius 1 is 1.02 bits per heavy atom. The number of aryl methyl sites for hydroxylation is 1. The number of nitrogens with zero attached hydrogens (tertiary/aromatic N) is 4. The van der Waals surface area contributed by atoms with Crippen LogP contribution in [0.25, 0.3) is 22.2 Å². The molecule has 0 bridgehead atoms. The van der Waals surface area contributed by atoms with Crippen LogP contribution >= 0.6 is 11.6 Å². The summed E-state index contributed by atoms with van der Waals surface area (Å²) in [4.78, 5) is 75.6. The lowest BCUT2D eigenvalue weighted by molar-refractivity contribution is -0.136. The molecule has 6 amide bonds. The highest BCUT2D eigenvalue weighted by molar-refractivity contribution is 6.37. The number of nitrogens with one attached hydrogen (secondary N) is 3. The predicted molar refractivity (Wildman–Crippen MR) is 176 cm³/mol. The maximum absolute atomic E-state index is 13.6. The van der Waals surface area contributed by atoms with Crippen LogP contribution in [0, 0.1) is 0 Å². The molecule has 3 aliphatic rings. The average molecular weight is 652 g/mol. The Morgan fingerprint density at radius 2 is 1.85 bits per heavy atom. The van der Waals surface area contributed by atoms with Crippen molar-refractivity contribution in [2.24, 2.45) is 0 Å². The Balaban J connectivity index is 1.02. The Labute approximate surface area is 274 Å². The minimum Gasteiger partial charge on any atom is -0.383 e. The topological polar surface area (TPSA) is 148 Å². The van der Waals surface area contributed by atoms with Gasteiger partial charge in [0.2, 0.25) is 11.8 Å². The van der Waals surface area contributed by atoms with E-state index in [9.17, 15) is 24.0 Å². The molecule has 1 atom stereocenters. The fourth-order valence-corrected chi connectivity index (χ4v) is 6.65. The second-order valence-corrected chi connectivity index (χ2v) is 11.9. The summed E-state index contributed by atoms with van der Waals surface area (Å²) >= 11 is 6.75. The summed E-state index contributed by atoms with van der Waals surface area (Å²) in [7, 11) is 0. The van der Waals surface area contributed by atoms with Gasteiger partial charge in [-0.2, -0.15) is 0 Å². The van der Waals surface area contributed by atoms with Crippen molar-refractivity contribution < 1.29 is 24.0 Å². The summed E-state index contributed by atoms with van der Waals surface area (Å²) in [6, 6.07) is 11.3. The van der Waals surface area contributed by atoms with Gasteiger partial charge in [0.15, 0.2) is 0 Å². The van der Waals surface area contributed by atoms with E-state index in [0.29, 0.717) is 36.0 Å². The van der Waals surface area contributed by atoms with Crippen LogP contribution in [0.5, 0.6) is 0 Å². The molecular formula is C34H30ClN7O5. The number of carbonyl (C=O) groups excluding carboxylic acids is 5. The number of carbonyl (C=O) groups is 5. The van der Waals surface area contributed by atoms with Crippen LogP contribution in [-0.2, 0) is 16.0 Å². The van der Waals surface area contributed by atoms with Crippen molar-refractivity contribution in [2.45, 2.75) is 32.2 Å². The third-order valence-corrected chi connectivity index (χ3v) is 9.16. The van der Waals surface area contributed by atoms with Crippen molar-refractivity contribution in [3.05, 3.63) is 88.8 Å². The molecule has 5 heterocycles.